The van der Waals surface area contributed by atoms with Crippen LogP contribution < -0.4 is 0 Å². The minimum atomic E-state index is -0.484. The molecule has 0 aliphatic rings. The maximum absolute atomic E-state index is 10.5. The number of carbonyl (C=O) groups is 2. The zero-order chi connectivity index (χ0) is 7.44. The van der Waals surface area contributed by atoms with Gasteiger partial charge in [0.15, 0.2) is 5.78 Å². The number of Topliss-reactive ketones (excluding diaryl/α,β-unsaturated/α-hetero) is 2. The third kappa shape index (κ3) is 3.58. The predicted octanol–water partition coefficient (Wildman–Crippen LogP) is 0.574. The molecule has 0 aliphatic heterocycles. The highest BCUT2D eigenvalue weighted by Gasteiger charge is 2.06. The molecule has 0 rings (SSSR count). The molecule has 0 saturated carbocycles. The van der Waals surface area contributed by atoms with Crippen molar-refractivity contribution in [1.29, 1.82) is 5.41 Å². The van der Waals surface area contributed by atoms with Crippen LogP contribution in [0.2, 0.25) is 0 Å². The van der Waals surface area contributed by atoms with Crippen LogP contribution in [0.1, 0.15) is 20.3 Å². The molecule has 0 aromatic carbocycles. The van der Waals surface area contributed by atoms with Crippen molar-refractivity contribution in [2.24, 2.45) is 0 Å². The molecule has 3 heteroatoms. The zero-order valence-corrected chi connectivity index (χ0v) is 5.52. The Kier molecular flexibility index (Phi) is 2.78. The van der Waals surface area contributed by atoms with Gasteiger partial charge in [-0.25, -0.2) is 0 Å². The predicted molar refractivity (Wildman–Crippen MR) is 33.7 cm³/mol. The van der Waals surface area contributed by atoms with E-state index in [0.717, 1.165) is 0 Å². The Morgan fingerprint density at radius 2 is 1.78 bits per heavy atom. The Morgan fingerprint density at radius 1 is 1.33 bits per heavy atom. The van der Waals surface area contributed by atoms with E-state index in [2.05, 4.69) is 0 Å². The van der Waals surface area contributed by atoms with Crippen molar-refractivity contribution in [3.05, 3.63) is 0 Å². The first-order chi connectivity index (χ1) is 4.04. The fourth-order valence-electron chi connectivity index (χ4n) is 0.365. The van der Waals surface area contributed by atoms with E-state index >= 15 is 0 Å². The van der Waals surface area contributed by atoms with Gasteiger partial charge < -0.3 is 5.41 Å². The number of hydrogen-bond acceptors (Lipinski definition) is 3. The van der Waals surface area contributed by atoms with Gasteiger partial charge in [-0.05, 0) is 6.92 Å². The second kappa shape index (κ2) is 3.12. The molecule has 0 amide bonds. The standard InChI is InChI=1S/C6H9NO2/c1-4(7)3-6(9)5(2)8/h7H,3H2,1-2H3. The second-order valence-electron chi connectivity index (χ2n) is 1.94. The van der Waals surface area contributed by atoms with Crippen LogP contribution in [0.15, 0.2) is 0 Å². The van der Waals surface area contributed by atoms with Gasteiger partial charge in [-0.2, -0.15) is 0 Å². The lowest BCUT2D eigenvalue weighted by molar-refractivity contribution is -0.134. The average Bonchev–Trinajstić information content (AvgIpc) is 1.63. The molecule has 0 fully saturated rings. The number of rotatable bonds is 3. The third-order valence-electron chi connectivity index (χ3n) is 0.818. The quantitative estimate of drug-likeness (QED) is 0.445. The molecule has 0 heterocycles. The van der Waals surface area contributed by atoms with Gasteiger partial charge in [-0.15, -0.1) is 0 Å². The molecule has 0 aliphatic carbocycles. The van der Waals surface area contributed by atoms with Crippen LogP contribution in [-0.2, 0) is 9.59 Å². The highest BCUT2D eigenvalue weighted by molar-refractivity contribution is 6.39. The summed E-state index contributed by atoms with van der Waals surface area (Å²) in [5.41, 5.74) is 0.232. The Morgan fingerprint density at radius 3 is 1.89 bits per heavy atom. The summed E-state index contributed by atoms with van der Waals surface area (Å²) in [4.78, 5) is 20.7. The minimum absolute atomic E-state index is 0.0324. The largest absolute Gasteiger partial charge is 0.310 e. The molecule has 0 saturated heterocycles. The summed E-state index contributed by atoms with van der Waals surface area (Å²) in [7, 11) is 0. The highest BCUT2D eigenvalue weighted by Crippen LogP contribution is 1.85. The summed E-state index contributed by atoms with van der Waals surface area (Å²) >= 11 is 0. The van der Waals surface area contributed by atoms with E-state index in [1.54, 1.807) is 0 Å². The molecule has 0 aromatic heterocycles. The normalized spacial score (nSPS) is 8.67. The van der Waals surface area contributed by atoms with Crippen molar-refractivity contribution >= 4 is 17.3 Å². The van der Waals surface area contributed by atoms with E-state index in [1.165, 1.54) is 13.8 Å². The number of carbonyl (C=O) groups excluding carboxylic acids is 2. The Bertz CT molecular complexity index is 160. The zero-order valence-electron chi connectivity index (χ0n) is 5.52. The van der Waals surface area contributed by atoms with Crippen molar-refractivity contribution in [3.63, 3.8) is 0 Å². The summed E-state index contributed by atoms with van der Waals surface area (Å²) in [5, 5.41) is 6.84. The molecule has 1 N–H and O–H groups in total. The van der Waals surface area contributed by atoms with Crippen molar-refractivity contribution in [2.75, 3.05) is 0 Å². The SMILES string of the molecule is CC(=N)CC(=O)C(C)=O. The molecule has 50 valence electrons. The average molecular weight is 127 g/mol. The van der Waals surface area contributed by atoms with Gasteiger partial charge in [0.25, 0.3) is 0 Å². The summed E-state index contributed by atoms with van der Waals surface area (Å²) in [6.07, 6.45) is -0.0324. The number of hydrogen-bond donors (Lipinski definition) is 1. The molecular formula is C6H9NO2. The first kappa shape index (κ1) is 8.01. The van der Waals surface area contributed by atoms with Crippen molar-refractivity contribution in [1.82, 2.24) is 0 Å². The van der Waals surface area contributed by atoms with E-state index in [4.69, 9.17) is 5.41 Å². The van der Waals surface area contributed by atoms with Crippen LogP contribution in [0.3, 0.4) is 0 Å². The molecule has 3 nitrogen and oxygen atoms in total. The van der Waals surface area contributed by atoms with Crippen LogP contribution in [0, 0.1) is 5.41 Å². The van der Waals surface area contributed by atoms with Gasteiger partial charge in [0, 0.05) is 12.6 Å². The monoisotopic (exact) mass is 127 g/mol. The van der Waals surface area contributed by atoms with E-state index in [9.17, 15) is 9.59 Å². The lowest BCUT2D eigenvalue weighted by Crippen LogP contribution is -2.12. The molecule has 0 aromatic rings. The first-order valence-corrected chi connectivity index (χ1v) is 2.62. The topological polar surface area (TPSA) is 58.0 Å². The second-order valence-corrected chi connectivity index (χ2v) is 1.94. The molecule has 0 radical (unpaired) electrons. The van der Waals surface area contributed by atoms with Crippen LogP contribution >= 0.6 is 0 Å². The van der Waals surface area contributed by atoms with Gasteiger partial charge >= 0.3 is 0 Å². The molecule has 9 heavy (non-hydrogen) atoms. The maximum Gasteiger partial charge on any atom is 0.203 e. The fourth-order valence-corrected chi connectivity index (χ4v) is 0.365. The Labute approximate surface area is 53.6 Å². The van der Waals surface area contributed by atoms with Gasteiger partial charge in [-0.3, -0.25) is 9.59 Å². The van der Waals surface area contributed by atoms with Crippen molar-refractivity contribution < 1.29 is 9.59 Å². The van der Waals surface area contributed by atoms with Crippen molar-refractivity contribution in [2.45, 2.75) is 20.3 Å². The highest BCUT2D eigenvalue weighted by atomic mass is 16.2. The Hall–Kier alpha value is -0.990. The third-order valence-corrected chi connectivity index (χ3v) is 0.818. The van der Waals surface area contributed by atoms with E-state index < -0.39 is 11.6 Å². The van der Waals surface area contributed by atoms with Crippen molar-refractivity contribution in [3.8, 4) is 0 Å². The molecule has 0 bridgehead atoms. The van der Waals surface area contributed by atoms with Gasteiger partial charge in [0.1, 0.15) is 0 Å². The van der Waals surface area contributed by atoms with Crippen LogP contribution in [0.25, 0.3) is 0 Å². The summed E-state index contributed by atoms with van der Waals surface area (Å²) < 4.78 is 0. The number of ketones is 2. The van der Waals surface area contributed by atoms with Crippen LogP contribution in [0.4, 0.5) is 0 Å². The molecule has 0 unspecified atom stereocenters. The van der Waals surface area contributed by atoms with Crippen LogP contribution in [0.5, 0.6) is 0 Å². The minimum Gasteiger partial charge on any atom is -0.310 e. The maximum atomic E-state index is 10.5. The summed E-state index contributed by atoms with van der Waals surface area (Å²) in [6, 6.07) is 0. The van der Waals surface area contributed by atoms with Gasteiger partial charge in [0.2, 0.25) is 5.78 Å². The Balaban J connectivity index is 3.79. The van der Waals surface area contributed by atoms with Crippen LogP contribution in [-0.4, -0.2) is 17.3 Å². The fraction of sp³-hybridized carbons (Fsp3) is 0.500. The summed E-state index contributed by atoms with van der Waals surface area (Å²) in [5.74, 6) is -0.955. The molecular weight excluding hydrogens is 118 g/mol. The lowest BCUT2D eigenvalue weighted by atomic mass is 10.1. The van der Waals surface area contributed by atoms with Gasteiger partial charge in [-0.1, -0.05) is 0 Å². The lowest BCUT2D eigenvalue weighted by Gasteiger charge is -1.90. The van der Waals surface area contributed by atoms with E-state index in [-0.39, 0.29) is 12.1 Å². The smallest absolute Gasteiger partial charge is 0.203 e. The van der Waals surface area contributed by atoms with E-state index in [1.807, 2.05) is 0 Å². The van der Waals surface area contributed by atoms with E-state index in [0.29, 0.717) is 0 Å². The first-order valence-electron chi connectivity index (χ1n) is 2.62. The molecule has 0 spiro atoms. The van der Waals surface area contributed by atoms with Gasteiger partial charge in [0.05, 0.1) is 6.42 Å². The summed E-state index contributed by atoms with van der Waals surface area (Å²) in [6.45, 7) is 2.71. The number of nitrogens with one attached hydrogen (secondary N) is 1. The molecule has 0 atom stereocenters.